The number of hydrogen-bond donors (Lipinski definition) is 2. The second-order valence-electron chi connectivity index (χ2n) is 5.65. The van der Waals surface area contributed by atoms with E-state index in [-0.39, 0.29) is 23.8 Å². The van der Waals surface area contributed by atoms with E-state index in [0.717, 1.165) is 22.9 Å². The Hall–Kier alpha value is -1.36. The number of hydrogen-bond acceptors (Lipinski definition) is 2. The van der Waals surface area contributed by atoms with Gasteiger partial charge in [0.1, 0.15) is 0 Å². The van der Waals surface area contributed by atoms with Gasteiger partial charge >= 0.3 is 5.97 Å². The van der Waals surface area contributed by atoms with Crippen molar-refractivity contribution in [2.45, 2.75) is 38.6 Å². The summed E-state index contributed by atoms with van der Waals surface area (Å²) in [5, 5.41) is 12.1. The minimum Gasteiger partial charge on any atom is -0.481 e. The molecule has 3 atom stereocenters. The van der Waals surface area contributed by atoms with Crippen LogP contribution in [-0.4, -0.2) is 17.0 Å². The minimum atomic E-state index is -0.786. The molecule has 0 bridgehead atoms. The highest BCUT2D eigenvalue weighted by atomic mass is 79.9. The molecule has 2 rings (SSSR count). The van der Waals surface area contributed by atoms with E-state index in [1.54, 1.807) is 0 Å². The van der Waals surface area contributed by atoms with Crippen LogP contribution in [0.1, 0.15) is 44.2 Å². The maximum Gasteiger partial charge on any atom is 0.306 e. The molecule has 0 radical (unpaired) electrons. The highest BCUT2D eigenvalue weighted by Crippen LogP contribution is 2.30. The fourth-order valence-electron chi connectivity index (χ4n) is 2.89. The average molecular weight is 354 g/mol. The molecule has 5 heteroatoms. The maximum atomic E-state index is 12.3. The van der Waals surface area contributed by atoms with Crippen LogP contribution in [0.2, 0.25) is 0 Å². The second kappa shape index (κ2) is 7.07. The topological polar surface area (TPSA) is 66.4 Å². The summed E-state index contributed by atoms with van der Waals surface area (Å²) in [4.78, 5) is 23.4. The Balaban J connectivity index is 1.98. The summed E-state index contributed by atoms with van der Waals surface area (Å²) in [6.45, 7) is 1.94. The molecule has 4 nitrogen and oxygen atoms in total. The molecule has 1 aromatic rings. The SMILES string of the molecule is CC(NC(=O)C1CCCC(C(=O)O)C1)c1ccccc1Br. The van der Waals surface area contributed by atoms with Crippen molar-refractivity contribution in [3.8, 4) is 0 Å². The quantitative estimate of drug-likeness (QED) is 0.870. The van der Waals surface area contributed by atoms with Gasteiger partial charge in [0, 0.05) is 10.4 Å². The van der Waals surface area contributed by atoms with Crippen molar-refractivity contribution in [3.05, 3.63) is 34.3 Å². The molecule has 1 amide bonds. The molecule has 3 unspecified atom stereocenters. The van der Waals surface area contributed by atoms with Crippen molar-refractivity contribution in [2.24, 2.45) is 11.8 Å². The highest BCUT2D eigenvalue weighted by molar-refractivity contribution is 9.10. The van der Waals surface area contributed by atoms with Crippen molar-refractivity contribution in [1.29, 1.82) is 0 Å². The number of carbonyl (C=O) groups excluding carboxylic acids is 1. The van der Waals surface area contributed by atoms with Crippen LogP contribution in [0.25, 0.3) is 0 Å². The first-order valence-electron chi connectivity index (χ1n) is 7.26. The number of rotatable bonds is 4. The summed E-state index contributed by atoms with van der Waals surface area (Å²) < 4.78 is 0.963. The van der Waals surface area contributed by atoms with Gasteiger partial charge in [-0.1, -0.05) is 40.5 Å². The first-order chi connectivity index (χ1) is 9.99. The van der Waals surface area contributed by atoms with E-state index in [1.807, 2.05) is 31.2 Å². The number of carbonyl (C=O) groups is 2. The van der Waals surface area contributed by atoms with Gasteiger partial charge in [-0.2, -0.15) is 0 Å². The molecule has 2 N–H and O–H groups in total. The lowest BCUT2D eigenvalue weighted by Gasteiger charge is -2.27. The van der Waals surface area contributed by atoms with Crippen LogP contribution in [0.15, 0.2) is 28.7 Å². The molecule has 1 aliphatic rings. The summed E-state index contributed by atoms with van der Waals surface area (Å²) in [6, 6.07) is 7.68. The Morgan fingerprint density at radius 1 is 1.29 bits per heavy atom. The van der Waals surface area contributed by atoms with Crippen LogP contribution in [0.3, 0.4) is 0 Å². The van der Waals surface area contributed by atoms with Gasteiger partial charge in [-0.3, -0.25) is 9.59 Å². The van der Waals surface area contributed by atoms with Gasteiger partial charge in [0.05, 0.1) is 12.0 Å². The smallest absolute Gasteiger partial charge is 0.306 e. The molecule has 0 aromatic heterocycles. The zero-order chi connectivity index (χ0) is 15.4. The average Bonchev–Trinajstić information content (AvgIpc) is 2.47. The molecular weight excluding hydrogens is 334 g/mol. The number of halogens is 1. The molecule has 0 aliphatic heterocycles. The summed E-state index contributed by atoms with van der Waals surface area (Å²) in [5.41, 5.74) is 1.02. The van der Waals surface area contributed by atoms with Crippen LogP contribution in [0.4, 0.5) is 0 Å². The van der Waals surface area contributed by atoms with E-state index in [2.05, 4.69) is 21.2 Å². The number of carboxylic acids is 1. The Labute approximate surface area is 133 Å². The standard InChI is InChI=1S/C16H20BrNO3/c1-10(13-7-2-3-8-14(13)17)18-15(19)11-5-4-6-12(9-11)16(20)21/h2-3,7-8,10-12H,4-6,9H2,1H3,(H,18,19)(H,20,21). The molecule has 0 heterocycles. The van der Waals surface area contributed by atoms with E-state index in [1.165, 1.54) is 0 Å². The predicted octanol–water partition coefficient (Wildman–Crippen LogP) is 3.52. The lowest BCUT2D eigenvalue weighted by molar-refractivity contribution is -0.144. The molecule has 114 valence electrons. The van der Waals surface area contributed by atoms with Crippen molar-refractivity contribution >= 4 is 27.8 Å². The number of amides is 1. The van der Waals surface area contributed by atoms with E-state index in [9.17, 15) is 9.59 Å². The van der Waals surface area contributed by atoms with Crippen molar-refractivity contribution in [1.82, 2.24) is 5.32 Å². The van der Waals surface area contributed by atoms with Crippen molar-refractivity contribution in [2.75, 3.05) is 0 Å². The monoisotopic (exact) mass is 353 g/mol. The molecule has 0 spiro atoms. The molecule has 21 heavy (non-hydrogen) atoms. The van der Waals surface area contributed by atoms with Gasteiger partial charge in [-0.25, -0.2) is 0 Å². The van der Waals surface area contributed by atoms with Gasteiger partial charge in [0.2, 0.25) is 5.91 Å². The van der Waals surface area contributed by atoms with Gasteiger partial charge < -0.3 is 10.4 Å². The molecule has 0 saturated heterocycles. The van der Waals surface area contributed by atoms with Crippen LogP contribution >= 0.6 is 15.9 Å². The first-order valence-corrected chi connectivity index (χ1v) is 8.06. The summed E-state index contributed by atoms with van der Waals surface area (Å²) >= 11 is 3.48. The summed E-state index contributed by atoms with van der Waals surface area (Å²) in [5.74, 6) is -1.39. The summed E-state index contributed by atoms with van der Waals surface area (Å²) in [6.07, 6.45) is 2.71. The van der Waals surface area contributed by atoms with Gasteiger partial charge in [-0.15, -0.1) is 0 Å². The maximum absolute atomic E-state index is 12.3. The lowest BCUT2D eigenvalue weighted by atomic mass is 9.81. The predicted molar refractivity (Wildman–Crippen MR) is 83.8 cm³/mol. The Bertz CT molecular complexity index is 532. The van der Waals surface area contributed by atoms with Crippen LogP contribution < -0.4 is 5.32 Å². The number of carboxylic acid groups (broad SMARTS) is 1. The first kappa shape index (κ1) is 16.0. The van der Waals surface area contributed by atoms with E-state index in [0.29, 0.717) is 12.8 Å². The lowest BCUT2D eigenvalue weighted by Crippen LogP contribution is -2.36. The minimum absolute atomic E-state index is 0.0378. The van der Waals surface area contributed by atoms with Crippen LogP contribution in [0.5, 0.6) is 0 Å². The van der Waals surface area contributed by atoms with E-state index < -0.39 is 5.97 Å². The van der Waals surface area contributed by atoms with Crippen molar-refractivity contribution in [3.63, 3.8) is 0 Å². The van der Waals surface area contributed by atoms with Crippen LogP contribution in [-0.2, 0) is 9.59 Å². The molecule has 1 saturated carbocycles. The third-order valence-electron chi connectivity index (χ3n) is 4.12. The zero-order valence-corrected chi connectivity index (χ0v) is 13.6. The fourth-order valence-corrected chi connectivity index (χ4v) is 3.52. The van der Waals surface area contributed by atoms with Gasteiger partial charge in [0.15, 0.2) is 0 Å². The number of benzene rings is 1. The second-order valence-corrected chi connectivity index (χ2v) is 6.50. The van der Waals surface area contributed by atoms with Gasteiger partial charge in [-0.05, 0) is 37.8 Å². The zero-order valence-electron chi connectivity index (χ0n) is 12.0. The van der Waals surface area contributed by atoms with Crippen LogP contribution in [0, 0.1) is 11.8 Å². The number of nitrogens with one attached hydrogen (secondary N) is 1. The third-order valence-corrected chi connectivity index (χ3v) is 4.85. The highest BCUT2D eigenvalue weighted by Gasteiger charge is 2.31. The van der Waals surface area contributed by atoms with E-state index in [4.69, 9.17) is 5.11 Å². The van der Waals surface area contributed by atoms with Crippen molar-refractivity contribution < 1.29 is 14.7 Å². The normalized spacial score (nSPS) is 23.3. The molecule has 1 fully saturated rings. The summed E-state index contributed by atoms with van der Waals surface area (Å²) in [7, 11) is 0. The Morgan fingerprint density at radius 2 is 1.95 bits per heavy atom. The van der Waals surface area contributed by atoms with Gasteiger partial charge in [0.25, 0.3) is 0 Å². The molecular formula is C16H20BrNO3. The fraction of sp³-hybridized carbons (Fsp3) is 0.500. The third kappa shape index (κ3) is 4.06. The molecule has 1 aromatic carbocycles. The number of aliphatic carboxylic acids is 1. The Morgan fingerprint density at radius 3 is 2.62 bits per heavy atom. The molecule has 1 aliphatic carbocycles. The Kier molecular flexibility index (Phi) is 5.39. The van der Waals surface area contributed by atoms with E-state index >= 15 is 0 Å². The largest absolute Gasteiger partial charge is 0.481 e.